The van der Waals surface area contributed by atoms with Gasteiger partial charge in [0.1, 0.15) is 0 Å². The van der Waals surface area contributed by atoms with Gasteiger partial charge in [-0.25, -0.2) is 0 Å². The van der Waals surface area contributed by atoms with Crippen LogP contribution in [-0.4, -0.2) is 0 Å². The summed E-state index contributed by atoms with van der Waals surface area (Å²) in [6, 6.07) is 8.98. The van der Waals surface area contributed by atoms with Crippen LogP contribution in [0, 0.1) is 35.5 Å². The third kappa shape index (κ3) is 6.41. The van der Waals surface area contributed by atoms with Gasteiger partial charge in [0.15, 0.2) is 0 Å². The molecule has 2 aliphatic rings. The Bertz CT molecular complexity index is 583. The Morgan fingerprint density at radius 1 is 0.778 bits per heavy atom. The van der Waals surface area contributed by atoms with Crippen LogP contribution in [0.1, 0.15) is 102 Å². The molecule has 0 heteroatoms. The Balaban J connectivity index is 1.42. The van der Waals surface area contributed by atoms with Gasteiger partial charge in [-0.1, -0.05) is 69.9 Å². The predicted octanol–water partition coefficient (Wildman–Crippen LogP) is 7.79. The van der Waals surface area contributed by atoms with E-state index in [9.17, 15) is 0 Å². The number of hydrogen-bond donors (Lipinski definition) is 0. The van der Waals surface area contributed by atoms with Crippen molar-refractivity contribution in [2.45, 2.75) is 97.3 Å². The molecule has 0 spiro atoms. The van der Waals surface area contributed by atoms with Crippen LogP contribution >= 0.6 is 0 Å². The number of hydrogen-bond acceptors (Lipinski definition) is 0. The van der Waals surface area contributed by atoms with Crippen LogP contribution in [0.3, 0.4) is 0 Å². The largest absolute Gasteiger partial charge is 0.0945 e. The summed E-state index contributed by atoms with van der Waals surface area (Å²) in [6.07, 6.45) is 18.2. The van der Waals surface area contributed by atoms with E-state index in [2.05, 4.69) is 50.0 Å². The van der Waals surface area contributed by atoms with Gasteiger partial charge in [0, 0.05) is 11.5 Å². The second-order valence-corrected chi connectivity index (χ2v) is 9.25. The number of rotatable bonds is 6. The molecular formula is C27H40. The Morgan fingerprint density at radius 3 is 2.00 bits per heavy atom. The fourth-order valence-electron chi connectivity index (χ4n) is 5.41. The van der Waals surface area contributed by atoms with Crippen molar-refractivity contribution >= 4 is 0 Å². The smallest absolute Gasteiger partial charge is 0.0245 e. The van der Waals surface area contributed by atoms with Gasteiger partial charge in [0.25, 0.3) is 0 Å². The van der Waals surface area contributed by atoms with Gasteiger partial charge >= 0.3 is 0 Å². The van der Waals surface area contributed by atoms with Gasteiger partial charge < -0.3 is 0 Å². The summed E-state index contributed by atoms with van der Waals surface area (Å²) in [4.78, 5) is 0. The maximum absolute atomic E-state index is 3.60. The first kappa shape index (κ1) is 20.5. The maximum Gasteiger partial charge on any atom is 0.0245 e. The highest BCUT2D eigenvalue weighted by Crippen LogP contribution is 2.42. The van der Waals surface area contributed by atoms with Crippen LogP contribution in [0.25, 0.3) is 0 Å². The molecule has 0 aliphatic heterocycles. The summed E-state index contributed by atoms with van der Waals surface area (Å²) >= 11 is 0. The molecule has 0 bridgehead atoms. The Labute approximate surface area is 168 Å². The van der Waals surface area contributed by atoms with E-state index in [4.69, 9.17) is 0 Å². The lowest BCUT2D eigenvalue weighted by Gasteiger charge is -2.37. The molecule has 0 amide bonds. The van der Waals surface area contributed by atoms with Crippen LogP contribution < -0.4 is 0 Å². The molecule has 1 aromatic carbocycles. The SMILES string of the molecule is CCCCc1ccc(C#CC2CCC([C@H]3CC[C@H](CCC)CC3)CC2)cc1. The quantitative estimate of drug-likeness (QED) is 0.452. The molecule has 3 rings (SSSR count). The normalized spacial score (nSPS) is 28.4. The van der Waals surface area contributed by atoms with E-state index in [1.807, 2.05) is 0 Å². The first-order valence-electron chi connectivity index (χ1n) is 11.9. The van der Waals surface area contributed by atoms with Gasteiger partial charge in [-0.3, -0.25) is 0 Å². The van der Waals surface area contributed by atoms with E-state index < -0.39 is 0 Å². The zero-order valence-electron chi connectivity index (χ0n) is 17.8. The summed E-state index contributed by atoms with van der Waals surface area (Å²) < 4.78 is 0. The van der Waals surface area contributed by atoms with Crippen molar-refractivity contribution in [3.8, 4) is 11.8 Å². The molecule has 148 valence electrons. The number of benzene rings is 1. The Hall–Kier alpha value is -1.22. The van der Waals surface area contributed by atoms with E-state index in [0.717, 1.165) is 17.8 Å². The van der Waals surface area contributed by atoms with E-state index in [1.165, 1.54) is 94.6 Å². The molecule has 0 aromatic heterocycles. The van der Waals surface area contributed by atoms with Gasteiger partial charge in [-0.2, -0.15) is 0 Å². The minimum atomic E-state index is 0.637. The standard InChI is InChI=1S/C27H40/c1-3-5-7-23-8-10-24(11-9-23)12-13-25-16-20-27(21-17-25)26-18-14-22(6-4-2)15-19-26/h8-11,22,25-27H,3-7,14-21H2,1-2H3/t22-,25?,26-,27?. The fraction of sp³-hybridized carbons (Fsp3) is 0.704. The molecular weight excluding hydrogens is 324 g/mol. The van der Waals surface area contributed by atoms with E-state index in [1.54, 1.807) is 0 Å². The van der Waals surface area contributed by atoms with Crippen LogP contribution in [0.2, 0.25) is 0 Å². The van der Waals surface area contributed by atoms with E-state index in [0.29, 0.717) is 5.92 Å². The average molecular weight is 365 g/mol. The lowest BCUT2D eigenvalue weighted by Crippen LogP contribution is -2.25. The zero-order chi connectivity index (χ0) is 18.9. The van der Waals surface area contributed by atoms with Crippen LogP contribution in [0.15, 0.2) is 24.3 Å². The highest BCUT2D eigenvalue weighted by molar-refractivity contribution is 5.36. The van der Waals surface area contributed by atoms with Crippen LogP contribution in [-0.2, 0) is 6.42 Å². The lowest BCUT2D eigenvalue weighted by atomic mass is 9.69. The molecule has 0 radical (unpaired) electrons. The van der Waals surface area contributed by atoms with Crippen molar-refractivity contribution in [1.82, 2.24) is 0 Å². The third-order valence-corrected chi connectivity index (χ3v) is 7.22. The monoisotopic (exact) mass is 364 g/mol. The second kappa shape index (κ2) is 10.9. The van der Waals surface area contributed by atoms with Gasteiger partial charge in [-0.05, 0) is 86.8 Å². The van der Waals surface area contributed by atoms with Crippen molar-refractivity contribution in [3.05, 3.63) is 35.4 Å². The first-order valence-corrected chi connectivity index (χ1v) is 11.9. The van der Waals surface area contributed by atoms with Gasteiger partial charge in [0.2, 0.25) is 0 Å². The van der Waals surface area contributed by atoms with E-state index >= 15 is 0 Å². The van der Waals surface area contributed by atoms with Crippen molar-refractivity contribution in [2.75, 3.05) is 0 Å². The topological polar surface area (TPSA) is 0 Å². The molecule has 0 unspecified atom stereocenters. The van der Waals surface area contributed by atoms with Crippen molar-refractivity contribution < 1.29 is 0 Å². The molecule has 27 heavy (non-hydrogen) atoms. The van der Waals surface area contributed by atoms with Crippen LogP contribution in [0.5, 0.6) is 0 Å². The summed E-state index contributed by atoms with van der Waals surface area (Å²) in [5.41, 5.74) is 2.66. The summed E-state index contributed by atoms with van der Waals surface area (Å²) in [5, 5.41) is 0. The molecule has 1 aromatic rings. The molecule has 0 atom stereocenters. The molecule has 0 saturated heterocycles. The van der Waals surface area contributed by atoms with Crippen molar-refractivity contribution in [1.29, 1.82) is 0 Å². The summed E-state index contributed by atoms with van der Waals surface area (Å²) in [5.74, 6) is 10.8. The zero-order valence-corrected chi connectivity index (χ0v) is 17.8. The maximum atomic E-state index is 3.60. The minimum Gasteiger partial charge on any atom is -0.0945 e. The summed E-state index contributed by atoms with van der Waals surface area (Å²) in [7, 11) is 0. The number of unbranched alkanes of at least 4 members (excludes halogenated alkanes) is 1. The molecule has 0 heterocycles. The van der Waals surface area contributed by atoms with E-state index in [-0.39, 0.29) is 0 Å². The van der Waals surface area contributed by atoms with Crippen molar-refractivity contribution in [2.24, 2.45) is 23.7 Å². The third-order valence-electron chi connectivity index (χ3n) is 7.22. The lowest BCUT2D eigenvalue weighted by molar-refractivity contribution is 0.154. The Kier molecular flexibility index (Phi) is 8.32. The molecule has 2 aliphatic carbocycles. The van der Waals surface area contributed by atoms with Crippen LogP contribution in [0.4, 0.5) is 0 Å². The molecule has 0 nitrogen and oxygen atoms in total. The summed E-state index contributed by atoms with van der Waals surface area (Å²) in [6.45, 7) is 4.60. The highest BCUT2D eigenvalue weighted by atomic mass is 14.3. The van der Waals surface area contributed by atoms with Gasteiger partial charge in [-0.15, -0.1) is 0 Å². The minimum absolute atomic E-state index is 0.637. The van der Waals surface area contributed by atoms with Crippen molar-refractivity contribution in [3.63, 3.8) is 0 Å². The van der Waals surface area contributed by atoms with Gasteiger partial charge in [0.05, 0.1) is 0 Å². The number of aryl methyl sites for hydroxylation is 1. The fourth-order valence-corrected chi connectivity index (χ4v) is 5.41. The first-order chi connectivity index (χ1) is 13.3. The predicted molar refractivity (Wildman–Crippen MR) is 118 cm³/mol. The molecule has 2 fully saturated rings. The molecule has 0 N–H and O–H groups in total. The highest BCUT2D eigenvalue weighted by Gasteiger charge is 2.30. The Morgan fingerprint density at radius 2 is 1.41 bits per heavy atom. The molecule has 2 saturated carbocycles. The average Bonchev–Trinajstić information content (AvgIpc) is 2.73. The second-order valence-electron chi connectivity index (χ2n) is 9.25.